The Morgan fingerprint density at radius 1 is 1.03 bits per heavy atom. The van der Waals surface area contributed by atoms with Crippen molar-refractivity contribution >= 4 is 5.91 Å². The normalized spacial score (nSPS) is 17.3. The second-order valence-corrected chi connectivity index (χ2v) is 10.2. The van der Waals surface area contributed by atoms with Crippen molar-refractivity contribution in [2.75, 3.05) is 26.7 Å². The number of amides is 1. The van der Waals surface area contributed by atoms with Crippen molar-refractivity contribution in [1.29, 1.82) is 0 Å². The number of H-pyrrole nitrogens is 1. The Morgan fingerprint density at radius 3 is 2.39 bits per heavy atom. The number of carbonyl (C=O) groups is 1. The van der Waals surface area contributed by atoms with Gasteiger partial charge in [-0.1, -0.05) is 18.2 Å². The minimum absolute atomic E-state index is 0.00401. The van der Waals surface area contributed by atoms with Gasteiger partial charge in [-0.05, 0) is 74.5 Å². The molecule has 1 N–H and O–H groups in total. The van der Waals surface area contributed by atoms with Gasteiger partial charge in [0.05, 0.1) is 17.0 Å². The molecule has 0 spiro atoms. The second-order valence-electron chi connectivity index (χ2n) is 10.2. The number of carbonyl (C=O) groups excluding carboxylic acids is 1. The Labute approximate surface area is 209 Å². The van der Waals surface area contributed by atoms with E-state index in [9.17, 15) is 18.0 Å². The van der Waals surface area contributed by atoms with Gasteiger partial charge in [0, 0.05) is 43.7 Å². The van der Waals surface area contributed by atoms with E-state index in [1.165, 1.54) is 0 Å². The maximum atomic E-state index is 13.5. The summed E-state index contributed by atoms with van der Waals surface area (Å²) in [6, 6.07) is 9.45. The Bertz CT molecular complexity index is 1270. The van der Waals surface area contributed by atoms with E-state index in [1.54, 1.807) is 12.1 Å². The molecule has 0 aliphatic carbocycles. The largest absolute Gasteiger partial charge is 0.416 e. The number of hydrogen-bond acceptors (Lipinski definition) is 3. The van der Waals surface area contributed by atoms with E-state index >= 15 is 0 Å². The Morgan fingerprint density at radius 2 is 1.72 bits per heavy atom. The van der Waals surface area contributed by atoms with Crippen molar-refractivity contribution in [1.82, 2.24) is 19.8 Å². The summed E-state index contributed by atoms with van der Waals surface area (Å²) in [5, 5.41) is 0. The highest BCUT2D eigenvalue weighted by Gasteiger charge is 2.31. The Balaban J connectivity index is 1.31. The molecule has 8 heteroatoms. The molecule has 0 unspecified atom stereocenters. The quantitative estimate of drug-likeness (QED) is 0.505. The fourth-order valence-corrected chi connectivity index (χ4v) is 5.42. The van der Waals surface area contributed by atoms with Crippen LogP contribution >= 0.6 is 0 Å². The Hall–Kier alpha value is -3.13. The zero-order chi connectivity index (χ0) is 25.6. The maximum absolute atomic E-state index is 13.5. The molecule has 2 aromatic carbocycles. The molecule has 1 amide bonds. The van der Waals surface area contributed by atoms with Crippen LogP contribution in [0.25, 0.3) is 11.4 Å². The van der Waals surface area contributed by atoms with Crippen molar-refractivity contribution < 1.29 is 18.0 Å². The lowest BCUT2D eigenvalue weighted by Gasteiger charge is -2.33. The molecule has 3 aromatic rings. The van der Waals surface area contributed by atoms with Crippen LogP contribution in [-0.4, -0.2) is 52.4 Å². The molecule has 190 valence electrons. The van der Waals surface area contributed by atoms with Gasteiger partial charge in [0.2, 0.25) is 0 Å². The molecule has 5 nitrogen and oxygen atoms in total. The van der Waals surface area contributed by atoms with Crippen LogP contribution in [0, 0.1) is 13.8 Å². The summed E-state index contributed by atoms with van der Waals surface area (Å²) in [5.41, 5.74) is 6.13. The fraction of sp³-hybridized carbons (Fsp3) is 0.429. The number of nitrogens with zero attached hydrogens (tertiary/aromatic N) is 3. The molecular weight excluding hydrogens is 465 g/mol. The van der Waals surface area contributed by atoms with E-state index in [1.807, 2.05) is 30.9 Å². The number of fused-ring (bicyclic) bond motifs is 1. The van der Waals surface area contributed by atoms with Gasteiger partial charge in [0.1, 0.15) is 5.82 Å². The molecule has 0 saturated carbocycles. The summed E-state index contributed by atoms with van der Waals surface area (Å²) in [5.74, 6) is 0.956. The topological polar surface area (TPSA) is 52.2 Å². The van der Waals surface area contributed by atoms with Gasteiger partial charge in [0.15, 0.2) is 0 Å². The smallest absolute Gasteiger partial charge is 0.341 e. The lowest BCUT2D eigenvalue weighted by molar-refractivity contribution is -0.137. The fourth-order valence-electron chi connectivity index (χ4n) is 5.42. The number of piperidine rings is 1. The van der Waals surface area contributed by atoms with Crippen molar-refractivity contribution in [3.05, 3.63) is 75.6 Å². The van der Waals surface area contributed by atoms with Crippen LogP contribution in [0.4, 0.5) is 13.2 Å². The van der Waals surface area contributed by atoms with Crippen LogP contribution in [0.5, 0.6) is 0 Å². The molecule has 5 rings (SSSR count). The van der Waals surface area contributed by atoms with Gasteiger partial charge in [0.25, 0.3) is 5.91 Å². The van der Waals surface area contributed by atoms with Crippen molar-refractivity contribution in [3.8, 4) is 11.4 Å². The number of likely N-dealkylation sites (N-methyl/N-ethyl adjacent to an activating group) is 1. The molecule has 1 aromatic heterocycles. The molecule has 36 heavy (non-hydrogen) atoms. The predicted octanol–water partition coefficient (Wildman–Crippen LogP) is 5.72. The third kappa shape index (κ3) is 4.78. The number of likely N-dealkylation sites (tertiary alicyclic amines) is 1. The summed E-state index contributed by atoms with van der Waals surface area (Å²) in [6.45, 7) is 6.98. The third-order valence-corrected chi connectivity index (χ3v) is 7.57. The number of hydrogen-bond donors (Lipinski definition) is 1. The van der Waals surface area contributed by atoms with Crippen molar-refractivity contribution in [3.63, 3.8) is 0 Å². The molecule has 2 aliphatic heterocycles. The number of nitrogens with one attached hydrogen (secondary N) is 1. The molecule has 0 atom stereocenters. The first-order valence-corrected chi connectivity index (χ1v) is 12.4. The summed E-state index contributed by atoms with van der Waals surface area (Å²) >= 11 is 0. The van der Waals surface area contributed by atoms with Gasteiger partial charge in [-0.2, -0.15) is 13.2 Å². The zero-order valence-electron chi connectivity index (χ0n) is 20.9. The summed E-state index contributed by atoms with van der Waals surface area (Å²) < 4.78 is 38.6. The van der Waals surface area contributed by atoms with Crippen LogP contribution in [-0.2, 0) is 19.1 Å². The second kappa shape index (κ2) is 9.39. The first-order chi connectivity index (χ1) is 17.1. The minimum atomic E-state index is -4.33. The van der Waals surface area contributed by atoms with E-state index in [0.29, 0.717) is 18.7 Å². The first kappa shape index (κ1) is 24.6. The van der Waals surface area contributed by atoms with Crippen molar-refractivity contribution in [2.45, 2.75) is 51.7 Å². The van der Waals surface area contributed by atoms with E-state index in [4.69, 9.17) is 4.98 Å². The lowest BCUT2D eigenvalue weighted by atomic mass is 9.88. The average molecular weight is 497 g/mol. The van der Waals surface area contributed by atoms with Crippen LogP contribution < -0.4 is 0 Å². The molecular formula is C28H31F3N4O. The minimum Gasteiger partial charge on any atom is -0.341 e. The lowest BCUT2D eigenvalue weighted by Crippen LogP contribution is -2.38. The Kier molecular flexibility index (Phi) is 6.41. The van der Waals surface area contributed by atoms with Crippen LogP contribution in [0.3, 0.4) is 0 Å². The standard InChI is InChI=1S/C28H31F3N4O/c1-17-14-18(2)23(15-22(17)26-32-24-10-11-34(3)16-25(24)33-26)27(36)35-12-8-20(9-13-35)19-4-6-21(7-5-19)28(29,30)31/h4-7,14-15,20H,8-13,16H2,1-3H3,(H,32,33). The molecule has 3 heterocycles. The van der Waals surface area contributed by atoms with Crippen LogP contribution in [0.1, 0.15) is 62.8 Å². The van der Waals surface area contributed by atoms with Gasteiger partial charge < -0.3 is 14.8 Å². The van der Waals surface area contributed by atoms with Crippen molar-refractivity contribution in [2.24, 2.45) is 0 Å². The summed E-state index contributed by atoms with van der Waals surface area (Å²) in [6.07, 6.45) is -1.96. The van der Waals surface area contributed by atoms with Gasteiger partial charge in [-0.25, -0.2) is 4.98 Å². The number of benzene rings is 2. The third-order valence-electron chi connectivity index (χ3n) is 7.57. The highest BCUT2D eigenvalue weighted by Crippen LogP contribution is 2.34. The van der Waals surface area contributed by atoms with E-state index in [2.05, 4.69) is 16.9 Å². The number of aromatic nitrogens is 2. The average Bonchev–Trinajstić information content (AvgIpc) is 3.26. The first-order valence-electron chi connectivity index (χ1n) is 12.4. The molecule has 0 bridgehead atoms. The maximum Gasteiger partial charge on any atom is 0.416 e. The molecule has 1 saturated heterocycles. The summed E-state index contributed by atoms with van der Waals surface area (Å²) in [7, 11) is 2.10. The number of rotatable bonds is 3. The number of alkyl halides is 3. The van der Waals surface area contributed by atoms with Gasteiger partial charge >= 0.3 is 6.18 Å². The predicted molar refractivity (Wildman–Crippen MR) is 133 cm³/mol. The molecule has 2 aliphatic rings. The number of imidazole rings is 1. The van der Waals surface area contributed by atoms with Gasteiger partial charge in [-0.3, -0.25) is 4.79 Å². The van der Waals surface area contributed by atoms with E-state index in [0.717, 1.165) is 84.0 Å². The van der Waals surface area contributed by atoms with Crippen LogP contribution in [0.15, 0.2) is 36.4 Å². The van der Waals surface area contributed by atoms with Gasteiger partial charge in [-0.15, -0.1) is 0 Å². The van der Waals surface area contributed by atoms with Crippen LogP contribution in [0.2, 0.25) is 0 Å². The molecule has 0 radical (unpaired) electrons. The van der Waals surface area contributed by atoms with E-state index in [-0.39, 0.29) is 11.8 Å². The summed E-state index contributed by atoms with van der Waals surface area (Å²) in [4.78, 5) is 26.0. The number of halogens is 3. The SMILES string of the molecule is Cc1cc(C)c(-c2nc3c([nH]2)CN(C)CC3)cc1C(=O)N1CCC(c2ccc(C(F)(F)F)cc2)CC1. The monoisotopic (exact) mass is 496 g/mol. The van der Waals surface area contributed by atoms with E-state index < -0.39 is 11.7 Å². The number of aryl methyl sites for hydroxylation is 2. The molecule has 1 fully saturated rings. The zero-order valence-corrected chi connectivity index (χ0v) is 20.9. The highest BCUT2D eigenvalue weighted by atomic mass is 19.4. The number of aromatic amines is 1. The highest BCUT2D eigenvalue weighted by molar-refractivity contribution is 5.97.